The summed E-state index contributed by atoms with van der Waals surface area (Å²) in [6.07, 6.45) is 0.240. The number of aryl methyl sites for hydroxylation is 2. The Labute approximate surface area is 164 Å². The maximum atomic E-state index is 13.0. The number of nitrogens with zero attached hydrogens (tertiary/aromatic N) is 2. The van der Waals surface area contributed by atoms with Gasteiger partial charge in [0.1, 0.15) is 11.6 Å². The average molecular weight is 384 g/mol. The minimum atomic E-state index is -0.314. The molecule has 1 fully saturated rings. The van der Waals surface area contributed by atoms with Crippen molar-refractivity contribution in [2.45, 2.75) is 20.3 Å². The smallest absolute Gasteiger partial charge is 0.260 e. The van der Waals surface area contributed by atoms with E-state index in [1.54, 1.807) is 21.9 Å². The third kappa shape index (κ3) is 5.09. The van der Waals surface area contributed by atoms with Crippen LogP contribution in [0.15, 0.2) is 42.5 Å². The Bertz CT molecular complexity index is 843. The number of ether oxygens (including phenoxy) is 1. The van der Waals surface area contributed by atoms with E-state index in [1.165, 1.54) is 17.7 Å². The van der Waals surface area contributed by atoms with E-state index in [4.69, 9.17) is 4.74 Å². The van der Waals surface area contributed by atoms with Gasteiger partial charge in [0.25, 0.3) is 5.91 Å². The molecule has 0 unspecified atom stereocenters. The Morgan fingerprint density at radius 1 is 0.893 bits per heavy atom. The quantitative estimate of drug-likeness (QED) is 0.797. The summed E-state index contributed by atoms with van der Waals surface area (Å²) in [5, 5.41) is 0. The summed E-state index contributed by atoms with van der Waals surface area (Å²) >= 11 is 0. The fourth-order valence-corrected chi connectivity index (χ4v) is 3.13. The van der Waals surface area contributed by atoms with Crippen LogP contribution in [-0.2, 0) is 16.0 Å². The van der Waals surface area contributed by atoms with Crippen LogP contribution in [-0.4, -0.2) is 54.4 Å². The van der Waals surface area contributed by atoms with Crippen molar-refractivity contribution < 1.29 is 18.7 Å². The molecule has 6 heteroatoms. The third-order valence-corrected chi connectivity index (χ3v) is 5.09. The molecule has 0 N–H and O–H groups in total. The lowest BCUT2D eigenvalue weighted by Gasteiger charge is -2.34. The van der Waals surface area contributed by atoms with E-state index < -0.39 is 0 Å². The number of carbonyl (C=O) groups is 2. The predicted molar refractivity (Wildman–Crippen MR) is 105 cm³/mol. The Morgan fingerprint density at radius 3 is 2.11 bits per heavy atom. The molecule has 28 heavy (non-hydrogen) atoms. The molecule has 1 aliphatic rings. The van der Waals surface area contributed by atoms with Gasteiger partial charge < -0.3 is 14.5 Å². The Balaban J connectivity index is 1.44. The number of carbonyl (C=O) groups excluding carboxylic acids is 2. The number of rotatable bonds is 5. The maximum Gasteiger partial charge on any atom is 0.260 e. The molecule has 0 atom stereocenters. The molecule has 3 rings (SSSR count). The van der Waals surface area contributed by atoms with Gasteiger partial charge in [-0.2, -0.15) is 0 Å². The van der Waals surface area contributed by atoms with Gasteiger partial charge in [-0.15, -0.1) is 0 Å². The molecule has 0 aromatic heterocycles. The van der Waals surface area contributed by atoms with Crippen molar-refractivity contribution in [1.29, 1.82) is 0 Å². The third-order valence-electron chi connectivity index (χ3n) is 5.09. The van der Waals surface area contributed by atoms with Crippen LogP contribution < -0.4 is 4.74 Å². The standard InChI is InChI=1S/C22H25FN2O3/c1-16-3-8-20(13-17(16)2)28-15-22(27)25-11-9-24(10-12-25)21(26)14-18-4-6-19(23)7-5-18/h3-8,13H,9-12,14-15H2,1-2H3. The Hall–Kier alpha value is -2.89. The van der Waals surface area contributed by atoms with Crippen LogP contribution in [0, 0.1) is 19.7 Å². The fraction of sp³-hybridized carbons (Fsp3) is 0.364. The highest BCUT2D eigenvalue weighted by molar-refractivity contribution is 5.80. The summed E-state index contributed by atoms with van der Waals surface area (Å²) in [4.78, 5) is 28.3. The van der Waals surface area contributed by atoms with Crippen molar-refractivity contribution in [2.24, 2.45) is 0 Å². The zero-order valence-electron chi connectivity index (χ0n) is 16.3. The van der Waals surface area contributed by atoms with Gasteiger partial charge in [-0.25, -0.2) is 4.39 Å². The molecule has 0 saturated carbocycles. The fourth-order valence-electron chi connectivity index (χ4n) is 3.13. The van der Waals surface area contributed by atoms with E-state index in [0.717, 1.165) is 11.1 Å². The van der Waals surface area contributed by atoms with Crippen molar-refractivity contribution in [1.82, 2.24) is 9.80 Å². The second kappa shape index (κ2) is 8.87. The first-order chi connectivity index (χ1) is 13.4. The molecule has 148 valence electrons. The molecule has 1 aliphatic heterocycles. The van der Waals surface area contributed by atoms with Gasteiger partial charge in [-0.3, -0.25) is 9.59 Å². The molecule has 0 bridgehead atoms. The lowest BCUT2D eigenvalue weighted by molar-refractivity contribution is -0.140. The van der Waals surface area contributed by atoms with E-state index >= 15 is 0 Å². The summed E-state index contributed by atoms with van der Waals surface area (Å²) in [5.74, 6) is 0.282. The molecule has 2 aromatic rings. The average Bonchev–Trinajstić information content (AvgIpc) is 2.70. The van der Waals surface area contributed by atoms with Gasteiger partial charge in [0, 0.05) is 26.2 Å². The molecule has 2 amide bonds. The number of halogens is 1. The Morgan fingerprint density at radius 2 is 1.50 bits per heavy atom. The molecule has 2 aromatic carbocycles. The first kappa shape index (κ1) is 19.9. The van der Waals surface area contributed by atoms with E-state index in [2.05, 4.69) is 0 Å². The van der Waals surface area contributed by atoms with Crippen LogP contribution >= 0.6 is 0 Å². The molecule has 1 heterocycles. The molecule has 1 saturated heterocycles. The number of benzene rings is 2. The van der Waals surface area contributed by atoms with Crippen LogP contribution in [0.5, 0.6) is 5.75 Å². The predicted octanol–water partition coefficient (Wildman–Crippen LogP) is 2.73. The van der Waals surface area contributed by atoms with E-state index in [-0.39, 0.29) is 30.7 Å². The minimum Gasteiger partial charge on any atom is -0.484 e. The van der Waals surface area contributed by atoms with Gasteiger partial charge >= 0.3 is 0 Å². The molecule has 0 spiro atoms. The topological polar surface area (TPSA) is 49.9 Å². The van der Waals surface area contributed by atoms with E-state index in [0.29, 0.717) is 31.9 Å². The highest BCUT2D eigenvalue weighted by Gasteiger charge is 2.24. The normalized spacial score (nSPS) is 14.1. The summed E-state index contributed by atoms with van der Waals surface area (Å²) in [6.45, 7) is 6.00. The van der Waals surface area contributed by atoms with Crippen LogP contribution in [0.3, 0.4) is 0 Å². The monoisotopic (exact) mass is 384 g/mol. The van der Waals surface area contributed by atoms with Crippen molar-refractivity contribution in [2.75, 3.05) is 32.8 Å². The summed E-state index contributed by atoms with van der Waals surface area (Å²) in [6, 6.07) is 11.7. The first-order valence-corrected chi connectivity index (χ1v) is 9.42. The zero-order chi connectivity index (χ0) is 20.1. The summed E-state index contributed by atoms with van der Waals surface area (Å²) in [5.41, 5.74) is 3.09. The summed E-state index contributed by atoms with van der Waals surface area (Å²) in [7, 11) is 0. The van der Waals surface area contributed by atoms with Gasteiger partial charge in [-0.05, 0) is 54.8 Å². The zero-order valence-corrected chi connectivity index (χ0v) is 16.3. The maximum absolute atomic E-state index is 13.0. The largest absolute Gasteiger partial charge is 0.484 e. The number of hydrogen-bond acceptors (Lipinski definition) is 3. The number of piperazine rings is 1. The molecule has 5 nitrogen and oxygen atoms in total. The molecule has 0 aliphatic carbocycles. The van der Waals surface area contributed by atoms with Crippen LogP contribution in [0.1, 0.15) is 16.7 Å². The van der Waals surface area contributed by atoms with Crippen molar-refractivity contribution in [3.63, 3.8) is 0 Å². The van der Waals surface area contributed by atoms with Crippen LogP contribution in [0.25, 0.3) is 0 Å². The van der Waals surface area contributed by atoms with Crippen molar-refractivity contribution in [3.8, 4) is 5.75 Å². The summed E-state index contributed by atoms with van der Waals surface area (Å²) < 4.78 is 18.6. The van der Waals surface area contributed by atoms with Gasteiger partial charge in [0.05, 0.1) is 6.42 Å². The van der Waals surface area contributed by atoms with Gasteiger partial charge in [-0.1, -0.05) is 18.2 Å². The van der Waals surface area contributed by atoms with Crippen LogP contribution in [0.2, 0.25) is 0 Å². The number of amides is 2. The second-order valence-electron chi connectivity index (χ2n) is 7.10. The highest BCUT2D eigenvalue weighted by Crippen LogP contribution is 2.16. The van der Waals surface area contributed by atoms with E-state index in [9.17, 15) is 14.0 Å². The Kier molecular flexibility index (Phi) is 6.29. The molecule has 0 radical (unpaired) electrons. The SMILES string of the molecule is Cc1ccc(OCC(=O)N2CCN(C(=O)Cc3ccc(F)cc3)CC2)cc1C. The van der Waals surface area contributed by atoms with Crippen molar-refractivity contribution in [3.05, 3.63) is 65.0 Å². The second-order valence-corrected chi connectivity index (χ2v) is 7.10. The lowest BCUT2D eigenvalue weighted by atomic mass is 10.1. The lowest BCUT2D eigenvalue weighted by Crippen LogP contribution is -2.52. The highest BCUT2D eigenvalue weighted by atomic mass is 19.1. The van der Waals surface area contributed by atoms with Crippen LogP contribution in [0.4, 0.5) is 4.39 Å². The van der Waals surface area contributed by atoms with Gasteiger partial charge in [0.15, 0.2) is 6.61 Å². The number of hydrogen-bond donors (Lipinski definition) is 0. The molecular formula is C22H25FN2O3. The van der Waals surface area contributed by atoms with Gasteiger partial charge in [0.2, 0.25) is 5.91 Å². The van der Waals surface area contributed by atoms with Crippen molar-refractivity contribution >= 4 is 11.8 Å². The van der Waals surface area contributed by atoms with E-state index in [1.807, 2.05) is 32.0 Å². The minimum absolute atomic E-state index is 0.00791. The first-order valence-electron chi connectivity index (χ1n) is 9.42. The molecular weight excluding hydrogens is 359 g/mol.